The van der Waals surface area contributed by atoms with Crippen LogP contribution < -0.4 is 15.4 Å². The molecule has 1 aliphatic heterocycles. The van der Waals surface area contributed by atoms with Gasteiger partial charge in [0.1, 0.15) is 10.8 Å². The Morgan fingerprint density at radius 2 is 1.81 bits per heavy atom. The molecule has 1 aromatic carbocycles. The van der Waals surface area contributed by atoms with Crippen molar-refractivity contribution in [2.24, 2.45) is 0 Å². The fourth-order valence-electron chi connectivity index (χ4n) is 5.14. The Morgan fingerprint density at radius 1 is 1.10 bits per heavy atom. The first-order chi connectivity index (χ1) is 19.8. The van der Waals surface area contributed by atoms with Crippen LogP contribution in [0.25, 0.3) is 0 Å². The van der Waals surface area contributed by atoms with E-state index < -0.39 is 15.1 Å². The first kappa shape index (κ1) is 32.0. The van der Waals surface area contributed by atoms with Gasteiger partial charge in [-0.3, -0.25) is 0 Å². The van der Waals surface area contributed by atoms with E-state index in [0.717, 1.165) is 43.9 Å². The van der Waals surface area contributed by atoms with Crippen molar-refractivity contribution in [3.63, 3.8) is 0 Å². The van der Waals surface area contributed by atoms with Crippen LogP contribution in [-0.2, 0) is 9.84 Å². The molecule has 2 aromatic heterocycles. The van der Waals surface area contributed by atoms with E-state index >= 15 is 0 Å². The average molecular weight is 614 g/mol. The third-order valence-electron chi connectivity index (χ3n) is 7.20. The quantitative estimate of drug-likeness (QED) is 0.234. The molecule has 11 heteroatoms. The molecule has 1 aliphatic rings. The highest BCUT2D eigenvalue weighted by Gasteiger charge is 2.26. The van der Waals surface area contributed by atoms with Gasteiger partial charge in [-0.2, -0.15) is 4.98 Å². The number of rotatable bonds is 11. The first-order valence-corrected chi connectivity index (χ1v) is 16.4. The van der Waals surface area contributed by atoms with Gasteiger partial charge in [-0.15, -0.1) is 0 Å². The van der Waals surface area contributed by atoms with Crippen LogP contribution in [-0.4, -0.2) is 59.3 Å². The lowest BCUT2D eigenvalue weighted by Gasteiger charge is -2.34. The number of piperidine rings is 1. The first-order valence-electron chi connectivity index (χ1n) is 14.4. The number of pyridine rings is 1. The van der Waals surface area contributed by atoms with Gasteiger partial charge in [-0.05, 0) is 108 Å². The summed E-state index contributed by atoms with van der Waals surface area (Å²) in [6.07, 6.45) is 5.12. The maximum absolute atomic E-state index is 12.9. The fourth-order valence-corrected chi connectivity index (χ4v) is 6.36. The summed E-state index contributed by atoms with van der Waals surface area (Å²) >= 11 is 6.43. The summed E-state index contributed by atoms with van der Waals surface area (Å²) in [5, 5.41) is 5.90. The molecule has 0 unspecified atom stereocenters. The van der Waals surface area contributed by atoms with Crippen molar-refractivity contribution in [2.45, 2.75) is 83.6 Å². The molecule has 1 radical (unpaired) electrons. The molecule has 0 aliphatic carbocycles. The Balaban J connectivity index is 1.60. The molecule has 227 valence electrons. The Kier molecular flexibility index (Phi) is 10.3. The third kappa shape index (κ3) is 7.71. The lowest BCUT2D eigenvalue weighted by atomic mass is 9.86. The van der Waals surface area contributed by atoms with Crippen molar-refractivity contribution in [2.75, 3.05) is 30.3 Å². The summed E-state index contributed by atoms with van der Waals surface area (Å²) in [5.74, 6) is 3.20. The monoisotopic (exact) mass is 613 g/mol. The molecule has 42 heavy (non-hydrogen) atoms. The van der Waals surface area contributed by atoms with E-state index in [0.29, 0.717) is 17.6 Å². The van der Waals surface area contributed by atoms with Gasteiger partial charge in [-0.25, -0.2) is 18.4 Å². The minimum absolute atomic E-state index is 0.0266. The van der Waals surface area contributed by atoms with Gasteiger partial charge in [0.05, 0.1) is 28.9 Å². The second-order valence-electron chi connectivity index (χ2n) is 11.7. The van der Waals surface area contributed by atoms with E-state index in [9.17, 15) is 8.42 Å². The lowest BCUT2D eigenvalue weighted by Crippen LogP contribution is -2.35. The number of halogens is 1. The van der Waals surface area contributed by atoms with E-state index in [1.807, 2.05) is 13.8 Å². The number of ether oxygens (including phenoxy) is 1. The van der Waals surface area contributed by atoms with Crippen LogP contribution in [0.3, 0.4) is 0 Å². The lowest BCUT2D eigenvalue weighted by molar-refractivity contribution is 0.218. The van der Waals surface area contributed by atoms with E-state index in [1.54, 1.807) is 26.0 Å². The van der Waals surface area contributed by atoms with Gasteiger partial charge in [0.15, 0.2) is 20.7 Å². The molecule has 0 saturated carbocycles. The van der Waals surface area contributed by atoms with Crippen molar-refractivity contribution >= 4 is 44.6 Å². The molecule has 3 aromatic rings. The van der Waals surface area contributed by atoms with Crippen LogP contribution in [0, 0.1) is 12.8 Å². The van der Waals surface area contributed by atoms with Gasteiger partial charge < -0.3 is 20.3 Å². The molecule has 2 N–H and O–H groups in total. The SMILES string of the molecule is C[C](C)CN1CCC(c2cc(OC(C)C)c(Nc3ncc(Cl)c(Nc4cccnc4S(=O)(=O)C(C)C)n3)cc2C)CC1. The van der Waals surface area contributed by atoms with Gasteiger partial charge in [0, 0.05) is 12.7 Å². The van der Waals surface area contributed by atoms with Crippen molar-refractivity contribution in [3.8, 4) is 5.75 Å². The number of hydrogen-bond donors (Lipinski definition) is 2. The van der Waals surface area contributed by atoms with Crippen LogP contribution in [0.2, 0.25) is 5.02 Å². The van der Waals surface area contributed by atoms with Crippen molar-refractivity contribution in [1.82, 2.24) is 19.9 Å². The minimum Gasteiger partial charge on any atom is -0.489 e. The summed E-state index contributed by atoms with van der Waals surface area (Å²) in [6, 6.07) is 7.53. The molecule has 0 amide bonds. The predicted molar refractivity (Wildman–Crippen MR) is 170 cm³/mol. The molecule has 3 heterocycles. The zero-order valence-electron chi connectivity index (χ0n) is 25.5. The standard InChI is InChI=1S/C31H42ClN6O3S/c1-19(2)18-38-13-10-23(11-14-38)24-16-28(41-20(3)4)27(15-22(24)7)36-31-34-17-25(32)29(37-31)35-26-9-8-12-33-30(26)42(39,40)21(5)6/h8-9,12,15-17,20-21,23H,10-11,13-14,18H2,1-7H3,(H2,34,35,36,37). The predicted octanol–water partition coefficient (Wildman–Crippen LogP) is 7.08. The number of likely N-dealkylation sites (tertiary alicyclic amines) is 1. The second-order valence-corrected chi connectivity index (χ2v) is 14.5. The zero-order valence-corrected chi connectivity index (χ0v) is 27.1. The topological polar surface area (TPSA) is 109 Å². The number of aromatic nitrogens is 3. The highest BCUT2D eigenvalue weighted by atomic mass is 35.5. The number of sulfone groups is 1. The smallest absolute Gasteiger partial charge is 0.229 e. The van der Waals surface area contributed by atoms with Gasteiger partial charge in [0.25, 0.3) is 0 Å². The molecule has 0 bridgehead atoms. The molecule has 0 spiro atoms. The summed E-state index contributed by atoms with van der Waals surface area (Å²) in [7, 11) is -3.64. The maximum Gasteiger partial charge on any atom is 0.229 e. The average Bonchev–Trinajstić information content (AvgIpc) is 2.92. The Bertz CT molecular complexity index is 1490. The molecule has 0 atom stereocenters. The number of hydrogen-bond acceptors (Lipinski definition) is 9. The Labute approximate surface area is 255 Å². The van der Waals surface area contributed by atoms with E-state index in [2.05, 4.69) is 63.4 Å². The highest BCUT2D eigenvalue weighted by Crippen LogP contribution is 2.38. The number of benzene rings is 1. The summed E-state index contributed by atoms with van der Waals surface area (Å²) in [6.45, 7) is 17.0. The normalized spacial score (nSPS) is 15.0. The largest absolute Gasteiger partial charge is 0.489 e. The Hall–Kier alpha value is -2.95. The van der Waals surface area contributed by atoms with E-state index in [-0.39, 0.29) is 22.0 Å². The van der Waals surface area contributed by atoms with Gasteiger partial charge in [0.2, 0.25) is 5.95 Å². The summed E-state index contributed by atoms with van der Waals surface area (Å²) in [4.78, 5) is 15.6. The number of nitrogens with zero attached hydrogens (tertiary/aromatic N) is 4. The number of anilines is 4. The minimum atomic E-state index is -3.64. The summed E-state index contributed by atoms with van der Waals surface area (Å²) in [5.41, 5.74) is 3.52. The zero-order chi connectivity index (χ0) is 30.6. The number of aryl methyl sites for hydroxylation is 1. The second kappa shape index (κ2) is 13.6. The molecule has 1 saturated heterocycles. The van der Waals surface area contributed by atoms with Crippen LogP contribution in [0.15, 0.2) is 41.7 Å². The number of nitrogens with one attached hydrogen (secondary N) is 2. The molecular weight excluding hydrogens is 572 g/mol. The van der Waals surface area contributed by atoms with Crippen molar-refractivity contribution < 1.29 is 13.2 Å². The third-order valence-corrected chi connectivity index (χ3v) is 9.59. The van der Waals surface area contributed by atoms with Crippen LogP contribution in [0.4, 0.5) is 23.1 Å². The van der Waals surface area contributed by atoms with Crippen molar-refractivity contribution in [1.29, 1.82) is 0 Å². The van der Waals surface area contributed by atoms with Crippen LogP contribution >= 0.6 is 11.6 Å². The van der Waals surface area contributed by atoms with Crippen LogP contribution in [0.1, 0.15) is 71.4 Å². The van der Waals surface area contributed by atoms with E-state index in [4.69, 9.17) is 16.3 Å². The maximum atomic E-state index is 12.9. The van der Waals surface area contributed by atoms with Crippen LogP contribution in [0.5, 0.6) is 5.75 Å². The molecule has 9 nitrogen and oxygen atoms in total. The van der Waals surface area contributed by atoms with Gasteiger partial charge in [-0.1, -0.05) is 25.4 Å². The van der Waals surface area contributed by atoms with Gasteiger partial charge >= 0.3 is 0 Å². The molecule has 4 rings (SSSR count). The molecule has 1 fully saturated rings. The summed E-state index contributed by atoms with van der Waals surface area (Å²) < 4.78 is 32.0. The van der Waals surface area contributed by atoms with E-state index in [1.165, 1.54) is 29.4 Å². The Morgan fingerprint density at radius 3 is 2.45 bits per heavy atom. The van der Waals surface area contributed by atoms with Crippen molar-refractivity contribution in [3.05, 3.63) is 58.7 Å². The fraction of sp³-hybridized carbons (Fsp3) is 0.484. The molecular formula is C31H42ClN6O3S. The highest BCUT2D eigenvalue weighted by molar-refractivity contribution is 7.92.